The third-order valence-electron chi connectivity index (χ3n) is 4.32. The highest BCUT2D eigenvalue weighted by Gasteiger charge is 2.17. The van der Waals surface area contributed by atoms with E-state index in [4.69, 9.17) is 0 Å². The molecule has 6 heteroatoms. The smallest absolute Gasteiger partial charge is 0.259 e. The summed E-state index contributed by atoms with van der Waals surface area (Å²) < 4.78 is 0. The Morgan fingerprint density at radius 2 is 2.00 bits per heavy atom. The van der Waals surface area contributed by atoms with Gasteiger partial charge in [0, 0.05) is 11.4 Å². The van der Waals surface area contributed by atoms with Crippen LogP contribution < -0.4 is 16.1 Å². The number of nitrogens with one attached hydrogen (secondary N) is 3. The van der Waals surface area contributed by atoms with Crippen LogP contribution in [0.15, 0.2) is 41.5 Å². The molecule has 3 N–H and O–H groups in total. The fourth-order valence-corrected chi connectivity index (χ4v) is 2.89. The quantitative estimate of drug-likeness (QED) is 0.573. The zero-order chi connectivity index (χ0) is 18.7. The Labute approximate surface area is 152 Å². The van der Waals surface area contributed by atoms with Gasteiger partial charge in [0.05, 0.1) is 18.7 Å². The lowest BCUT2D eigenvalue weighted by atomic mass is 10.1. The van der Waals surface area contributed by atoms with Crippen LogP contribution in [0, 0.1) is 13.8 Å². The molecule has 6 nitrogen and oxygen atoms in total. The number of hydrogen-bond donors (Lipinski definition) is 3. The molecule has 0 saturated heterocycles. The molecule has 0 aliphatic carbocycles. The zero-order valence-corrected chi connectivity index (χ0v) is 15.1. The molecule has 0 radical (unpaired) electrons. The number of aryl methyl sites for hydroxylation is 2. The number of hydrazone groups is 1. The van der Waals surface area contributed by atoms with E-state index < -0.39 is 0 Å². The molecule has 2 aromatic carbocycles. The number of hydrogen-bond acceptors (Lipinski definition) is 4. The van der Waals surface area contributed by atoms with Gasteiger partial charge in [-0.15, -0.1) is 0 Å². The molecule has 0 saturated carbocycles. The maximum absolute atomic E-state index is 12.0. The Balaban J connectivity index is 1.58. The van der Waals surface area contributed by atoms with Crippen LogP contribution in [0.2, 0.25) is 0 Å². The lowest BCUT2D eigenvalue weighted by molar-refractivity contribution is -0.119. The van der Waals surface area contributed by atoms with E-state index in [1.165, 1.54) is 5.56 Å². The highest BCUT2D eigenvalue weighted by atomic mass is 16.2. The van der Waals surface area contributed by atoms with E-state index in [0.29, 0.717) is 12.1 Å². The molecule has 0 atom stereocenters. The number of anilines is 2. The van der Waals surface area contributed by atoms with Crippen molar-refractivity contribution < 1.29 is 9.59 Å². The van der Waals surface area contributed by atoms with Crippen molar-refractivity contribution in [1.29, 1.82) is 0 Å². The lowest BCUT2D eigenvalue weighted by Crippen LogP contribution is -2.27. The number of amides is 2. The van der Waals surface area contributed by atoms with Crippen molar-refractivity contribution >= 4 is 28.9 Å². The van der Waals surface area contributed by atoms with Crippen LogP contribution in [0.1, 0.15) is 29.2 Å². The van der Waals surface area contributed by atoms with Crippen LogP contribution in [-0.4, -0.2) is 24.1 Å². The molecule has 0 fully saturated rings. The zero-order valence-electron chi connectivity index (χ0n) is 15.1. The first-order valence-electron chi connectivity index (χ1n) is 8.50. The van der Waals surface area contributed by atoms with Gasteiger partial charge in [0.2, 0.25) is 5.91 Å². The minimum Gasteiger partial charge on any atom is -0.376 e. The molecular formula is C20H22N4O2. The van der Waals surface area contributed by atoms with E-state index in [1.807, 2.05) is 51.1 Å². The van der Waals surface area contributed by atoms with Crippen LogP contribution in [-0.2, 0) is 16.0 Å². The minimum atomic E-state index is -0.220. The first kappa shape index (κ1) is 17.7. The standard InChI is InChI=1S/C20H22N4O2/c1-12-4-6-17(13(2)8-12)21-11-20(26)24-23-14(3)15-5-7-18-16(9-15)10-19(25)22-18/h4-9,21H,10-11H2,1-3H3,(H,22,25)(H,24,26). The Bertz CT molecular complexity index is 903. The van der Waals surface area contributed by atoms with E-state index in [9.17, 15) is 9.59 Å². The molecule has 0 bridgehead atoms. The van der Waals surface area contributed by atoms with E-state index in [1.54, 1.807) is 0 Å². The average molecular weight is 350 g/mol. The number of nitrogens with zero attached hydrogens (tertiary/aromatic N) is 1. The van der Waals surface area contributed by atoms with Gasteiger partial charge in [-0.3, -0.25) is 9.59 Å². The summed E-state index contributed by atoms with van der Waals surface area (Å²) in [6.45, 7) is 6.00. The highest BCUT2D eigenvalue weighted by molar-refractivity contribution is 6.03. The maximum Gasteiger partial charge on any atom is 0.259 e. The van der Waals surface area contributed by atoms with Gasteiger partial charge in [0.1, 0.15) is 0 Å². The van der Waals surface area contributed by atoms with Gasteiger partial charge >= 0.3 is 0 Å². The molecule has 1 heterocycles. The van der Waals surface area contributed by atoms with Gasteiger partial charge in [0.15, 0.2) is 0 Å². The first-order valence-corrected chi connectivity index (χ1v) is 8.50. The Kier molecular flexibility index (Phi) is 5.02. The molecule has 0 unspecified atom stereocenters. The van der Waals surface area contributed by atoms with Gasteiger partial charge in [-0.05, 0) is 55.7 Å². The summed E-state index contributed by atoms with van der Waals surface area (Å²) >= 11 is 0. The minimum absolute atomic E-state index is 0.00230. The van der Waals surface area contributed by atoms with E-state index >= 15 is 0 Å². The number of fused-ring (bicyclic) bond motifs is 1. The van der Waals surface area contributed by atoms with Gasteiger partial charge in [-0.2, -0.15) is 5.10 Å². The van der Waals surface area contributed by atoms with Crippen molar-refractivity contribution in [3.63, 3.8) is 0 Å². The van der Waals surface area contributed by atoms with Crippen LogP contribution in [0.3, 0.4) is 0 Å². The topological polar surface area (TPSA) is 82.6 Å². The summed E-state index contributed by atoms with van der Waals surface area (Å²) in [6.07, 6.45) is 0.378. The molecule has 26 heavy (non-hydrogen) atoms. The van der Waals surface area contributed by atoms with Crippen molar-refractivity contribution in [3.05, 3.63) is 58.7 Å². The predicted molar refractivity (Wildman–Crippen MR) is 104 cm³/mol. The fourth-order valence-electron chi connectivity index (χ4n) is 2.89. The molecular weight excluding hydrogens is 328 g/mol. The molecule has 1 aliphatic rings. The normalized spacial score (nSPS) is 13.2. The fraction of sp³-hybridized carbons (Fsp3) is 0.250. The van der Waals surface area contributed by atoms with Gasteiger partial charge in [0.25, 0.3) is 5.91 Å². The van der Waals surface area contributed by atoms with Crippen molar-refractivity contribution in [3.8, 4) is 0 Å². The summed E-state index contributed by atoms with van der Waals surface area (Å²) in [4.78, 5) is 23.4. The third kappa shape index (κ3) is 4.08. The second-order valence-electron chi connectivity index (χ2n) is 6.50. The molecule has 0 aromatic heterocycles. The summed E-state index contributed by atoms with van der Waals surface area (Å²) in [7, 11) is 0. The predicted octanol–water partition coefficient (Wildman–Crippen LogP) is 2.75. The number of benzene rings is 2. The summed E-state index contributed by atoms with van der Waals surface area (Å²) in [5.74, 6) is -0.222. The van der Waals surface area contributed by atoms with Crippen molar-refractivity contribution in [1.82, 2.24) is 5.43 Å². The van der Waals surface area contributed by atoms with Gasteiger partial charge in [-0.25, -0.2) is 5.43 Å². The van der Waals surface area contributed by atoms with Crippen molar-refractivity contribution in [2.24, 2.45) is 5.10 Å². The van der Waals surface area contributed by atoms with E-state index in [0.717, 1.165) is 28.1 Å². The summed E-state index contributed by atoms with van der Waals surface area (Å²) in [5, 5.41) is 10.1. The third-order valence-corrected chi connectivity index (χ3v) is 4.32. The van der Waals surface area contributed by atoms with Crippen LogP contribution in [0.5, 0.6) is 0 Å². The van der Waals surface area contributed by atoms with Crippen LogP contribution in [0.4, 0.5) is 11.4 Å². The molecule has 1 aliphatic heterocycles. The SMILES string of the molecule is CC(=NNC(=O)CNc1ccc(C)cc1C)c1ccc2c(c1)CC(=O)N2. The second kappa shape index (κ2) is 7.39. The Morgan fingerprint density at radius 3 is 2.77 bits per heavy atom. The molecule has 3 rings (SSSR count). The molecule has 2 amide bonds. The second-order valence-corrected chi connectivity index (χ2v) is 6.50. The van der Waals surface area contributed by atoms with Gasteiger partial charge < -0.3 is 10.6 Å². The molecule has 2 aromatic rings. The highest BCUT2D eigenvalue weighted by Crippen LogP contribution is 2.24. The van der Waals surface area contributed by atoms with Crippen molar-refractivity contribution in [2.75, 3.05) is 17.2 Å². The number of carbonyl (C=O) groups excluding carboxylic acids is 2. The molecule has 0 spiro atoms. The van der Waals surface area contributed by atoms with Crippen molar-refractivity contribution in [2.45, 2.75) is 27.2 Å². The monoisotopic (exact) mass is 350 g/mol. The first-order chi connectivity index (χ1) is 12.4. The summed E-state index contributed by atoms with van der Waals surface area (Å²) in [5.41, 5.74) is 9.13. The maximum atomic E-state index is 12.0. The van der Waals surface area contributed by atoms with Gasteiger partial charge in [-0.1, -0.05) is 23.8 Å². The lowest BCUT2D eigenvalue weighted by Gasteiger charge is -2.09. The van der Waals surface area contributed by atoms with E-state index in [2.05, 4.69) is 27.2 Å². The number of rotatable bonds is 5. The Hall–Kier alpha value is -3.15. The van der Waals surface area contributed by atoms with E-state index in [-0.39, 0.29) is 18.4 Å². The Morgan fingerprint density at radius 1 is 1.19 bits per heavy atom. The average Bonchev–Trinajstić information content (AvgIpc) is 2.98. The summed E-state index contributed by atoms with van der Waals surface area (Å²) in [6, 6.07) is 11.7. The van der Waals surface area contributed by atoms with Crippen LogP contribution in [0.25, 0.3) is 0 Å². The molecule has 134 valence electrons. The largest absolute Gasteiger partial charge is 0.376 e. The number of carbonyl (C=O) groups is 2. The van der Waals surface area contributed by atoms with Crippen LogP contribution >= 0.6 is 0 Å².